The van der Waals surface area contributed by atoms with Crippen molar-refractivity contribution in [2.45, 2.75) is 19.4 Å². The lowest BCUT2D eigenvalue weighted by Gasteiger charge is -2.49. The number of pyridine rings is 1. The number of carbonyl (C=O) groups is 1. The number of anilines is 2. The van der Waals surface area contributed by atoms with Gasteiger partial charge in [-0.1, -0.05) is 11.6 Å². The first-order valence-corrected chi connectivity index (χ1v) is 9.65. The van der Waals surface area contributed by atoms with Gasteiger partial charge in [0.2, 0.25) is 0 Å². The normalized spacial score (nSPS) is 16.1. The molecule has 1 aliphatic rings. The van der Waals surface area contributed by atoms with Gasteiger partial charge in [0.1, 0.15) is 16.7 Å². The zero-order valence-electron chi connectivity index (χ0n) is 17.1. The number of amides is 1. The van der Waals surface area contributed by atoms with Gasteiger partial charge in [0.15, 0.2) is 0 Å². The molecule has 1 aromatic carbocycles. The van der Waals surface area contributed by atoms with E-state index in [1.54, 1.807) is 32.2 Å². The molecule has 0 radical (unpaired) electrons. The van der Waals surface area contributed by atoms with Crippen molar-refractivity contribution in [3.63, 3.8) is 0 Å². The number of piperazine rings is 1. The first kappa shape index (κ1) is 20.3. The van der Waals surface area contributed by atoms with Crippen molar-refractivity contribution >= 4 is 29.0 Å². The minimum absolute atomic E-state index is 0.0818. The van der Waals surface area contributed by atoms with Crippen molar-refractivity contribution in [2.24, 2.45) is 0 Å². The molecule has 6 nitrogen and oxygen atoms in total. The molecule has 0 spiro atoms. The third kappa shape index (κ3) is 4.17. The fourth-order valence-corrected chi connectivity index (χ4v) is 3.82. The Bertz CT molecular complexity index is 852. The smallest absolute Gasteiger partial charge is 0.253 e. The second-order valence-electron chi connectivity index (χ2n) is 7.82. The fourth-order valence-electron chi connectivity index (χ4n) is 3.62. The molecule has 2 heterocycles. The quantitative estimate of drug-likeness (QED) is 0.732. The molecule has 0 saturated carbocycles. The molecule has 3 rings (SSSR count). The number of aromatic nitrogens is 1. The summed E-state index contributed by atoms with van der Waals surface area (Å²) in [5, 5.41) is 0.332. The summed E-state index contributed by atoms with van der Waals surface area (Å²) in [7, 11) is 5.13. The van der Waals surface area contributed by atoms with Gasteiger partial charge in [-0.05, 0) is 50.2 Å². The van der Waals surface area contributed by atoms with Crippen LogP contribution in [0.15, 0.2) is 36.4 Å². The minimum Gasteiger partial charge on any atom is -0.497 e. The Kier molecular flexibility index (Phi) is 5.70. The van der Waals surface area contributed by atoms with Gasteiger partial charge in [-0.25, -0.2) is 4.98 Å². The van der Waals surface area contributed by atoms with Crippen LogP contribution in [0.5, 0.6) is 5.75 Å². The molecule has 0 bridgehead atoms. The Morgan fingerprint density at radius 1 is 1.18 bits per heavy atom. The highest BCUT2D eigenvalue weighted by Gasteiger charge is 2.34. The molecule has 0 N–H and O–H groups in total. The SMILES string of the molecule is COc1ccc(N2CCN(c3cc(C(=O)N(C)C)cc(Cl)n3)CC2(C)C)cc1. The van der Waals surface area contributed by atoms with Gasteiger partial charge in [0.05, 0.1) is 12.6 Å². The second-order valence-corrected chi connectivity index (χ2v) is 8.21. The lowest BCUT2D eigenvalue weighted by molar-refractivity contribution is 0.0827. The van der Waals surface area contributed by atoms with E-state index in [1.165, 1.54) is 0 Å². The van der Waals surface area contributed by atoms with Crippen LogP contribution in [0.25, 0.3) is 0 Å². The van der Waals surface area contributed by atoms with Crippen molar-refractivity contribution in [1.29, 1.82) is 0 Å². The molecule has 7 heteroatoms. The highest BCUT2D eigenvalue weighted by molar-refractivity contribution is 6.29. The number of nitrogens with zero attached hydrogens (tertiary/aromatic N) is 4. The Hall–Kier alpha value is -2.47. The van der Waals surface area contributed by atoms with Crippen molar-refractivity contribution in [3.8, 4) is 5.75 Å². The van der Waals surface area contributed by atoms with Gasteiger partial charge in [-0.15, -0.1) is 0 Å². The lowest BCUT2D eigenvalue weighted by Crippen LogP contribution is -2.60. The van der Waals surface area contributed by atoms with Crippen LogP contribution >= 0.6 is 11.6 Å². The summed E-state index contributed by atoms with van der Waals surface area (Å²) in [6, 6.07) is 11.6. The Labute approximate surface area is 171 Å². The molecule has 0 aliphatic carbocycles. The number of hydrogen-bond acceptors (Lipinski definition) is 5. The molecule has 0 atom stereocenters. The highest BCUT2D eigenvalue weighted by atomic mass is 35.5. The van der Waals surface area contributed by atoms with Crippen LogP contribution in [0.1, 0.15) is 24.2 Å². The summed E-state index contributed by atoms with van der Waals surface area (Å²) < 4.78 is 5.26. The molecule has 150 valence electrons. The van der Waals surface area contributed by atoms with Crippen LogP contribution in [0.4, 0.5) is 11.5 Å². The van der Waals surface area contributed by atoms with Crippen LogP contribution in [0.3, 0.4) is 0 Å². The zero-order chi connectivity index (χ0) is 20.5. The second kappa shape index (κ2) is 7.87. The largest absolute Gasteiger partial charge is 0.497 e. The van der Waals surface area contributed by atoms with E-state index in [4.69, 9.17) is 16.3 Å². The Morgan fingerprint density at radius 3 is 2.43 bits per heavy atom. The zero-order valence-corrected chi connectivity index (χ0v) is 17.8. The van der Waals surface area contributed by atoms with Crippen molar-refractivity contribution in [2.75, 3.05) is 50.6 Å². The van der Waals surface area contributed by atoms with Gasteiger partial charge in [-0.3, -0.25) is 4.79 Å². The maximum absolute atomic E-state index is 12.4. The maximum Gasteiger partial charge on any atom is 0.253 e. The summed E-state index contributed by atoms with van der Waals surface area (Å²) in [4.78, 5) is 22.9. The molecule has 2 aromatic rings. The summed E-state index contributed by atoms with van der Waals surface area (Å²) in [6.45, 7) is 6.81. The molecule has 28 heavy (non-hydrogen) atoms. The summed E-state index contributed by atoms with van der Waals surface area (Å²) in [6.07, 6.45) is 0. The van der Waals surface area contributed by atoms with Crippen molar-refractivity contribution < 1.29 is 9.53 Å². The summed E-state index contributed by atoms with van der Waals surface area (Å²) >= 11 is 6.21. The van der Waals surface area contributed by atoms with Gasteiger partial charge >= 0.3 is 0 Å². The Balaban J connectivity index is 1.83. The summed E-state index contributed by atoms with van der Waals surface area (Å²) in [5.74, 6) is 1.50. The average Bonchev–Trinajstić information content (AvgIpc) is 2.66. The first-order valence-electron chi connectivity index (χ1n) is 9.27. The number of benzene rings is 1. The van der Waals surface area contributed by atoms with Gasteiger partial charge in [0.25, 0.3) is 5.91 Å². The number of ether oxygens (including phenoxy) is 1. The van der Waals surface area contributed by atoms with Crippen LogP contribution < -0.4 is 14.5 Å². The third-order valence-electron chi connectivity index (χ3n) is 5.04. The van der Waals surface area contributed by atoms with E-state index < -0.39 is 0 Å². The molecule has 1 aliphatic heterocycles. The monoisotopic (exact) mass is 402 g/mol. The van der Waals surface area contributed by atoms with E-state index in [1.807, 2.05) is 18.2 Å². The topological polar surface area (TPSA) is 48.9 Å². The van der Waals surface area contributed by atoms with Crippen molar-refractivity contribution in [1.82, 2.24) is 9.88 Å². The maximum atomic E-state index is 12.4. The summed E-state index contributed by atoms with van der Waals surface area (Å²) in [5.41, 5.74) is 1.59. The number of methoxy groups -OCH3 is 1. The standard InChI is InChI=1S/C21H27ClN4O2/c1-21(2)14-25(10-11-26(21)16-6-8-17(28-5)9-7-16)19-13-15(12-18(22)23-19)20(27)24(3)4/h6-9,12-13H,10-11,14H2,1-5H3. The molecule has 0 unspecified atom stereocenters. The molecule has 1 amide bonds. The van der Waals surface area contributed by atoms with Crippen LogP contribution in [-0.2, 0) is 0 Å². The molecule has 1 saturated heterocycles. The average molecular weight is 403 g/mol. The predicted octanol–water partition coefficient (Wildman–Crippen LogP) is 3.55. The van der Waals surface area contributed by atoms with Crippen LogP contribution in [0, 0.1) is 0 Å². The predicted molar refractivity (Wildman–Crippen MR) is 114 cm³/mol. The Morgan fingerprint density at radius 2 is 1.86 bits per heavy atom. The number of rotatable bonds is 4. The van der Waals surface area contributed by atoms with Gasteiger partial charge in [0, 0.05) is 45.0 Å². The van der Waals surface area contributed by atoms with E-state index in [-0.39, 0.29) is 11.4 Å². The highest BCUT2D eigenvalue weighted by Crippen LogP contribution is 2.31. The van der Waals surface area contributed by atoms with E-state index in [0.29, 0.717) is 10.7 Å². The first-order chi connectivity index (χ1) is 13.2. The minimum atomic E-state index is -0.122. The van der Waals surface area contributed by atoms with Gasteiger partial charge in [-0.2, -0.15) is 0 Å². The molecular formula is C21H27ClN4O2. The fraction of sp³-hybridized carbons (Fsp3) is 0.429. The van der Waals surface area contributed by atoms with Crippen LogP contribution in [-0.4, -0.2) is 62.2 Å². The number of hydrogen-bond donors (Lipinski definition) is 0. The molecular weight excluding hydrogens is 376 g/mol. The number of halogens is 1. The van der Waals surface area contributed by atoms with E-state index in [2.05, 4.69) is 40.8 Å². The van der Waals surface area contributed by atoms with E-state index >= 15 is 0 Å². The van der Waals surface area contributed by atoms with Crippen molar-refractivity contribution in [3.05, 3.63) is 47.1 Å². The van der Waals surface area contributed by atoms with E-state index in [9.17, 15) is 4.79 Å². The van der Waals surface area contributed by atoms with E-state index in [0.717, 1.165) is 36.9 Å². The van der Waals surface area contributed by atoms with Crippen LogP contribution in [0.2, 0.25) is 5.15 Å². The lowest BCUT2D eigenvalue weighted by atomic mass is 9.97. The van der Waals surface area contributed by atoms with Gasteiger partial charge < -0.3 is 19.4 Å². The molecule has 1 aromatic heterocycles. The molecule has 1 fully saturated rings. The number of carbonyl (C=O) groups excluding carboxylic acids is 1. The third-order valence-corrected chi connectivity index (χ3v) is 5.24.